The number of hydrogen-bond acceptors (Lipinski definition) is 6. The van der Waals surface area contributed by atoms with Crippen LogP contribution in [0.2, 0.25) is 0 Å². The van der Waals surface area contributed by atoms with Crippen LogP contribution in [0, 0.1) is 23.0 Å². The Bertz CT molecular complexity index is 1000. The number of aryl methyl sites for hydroxylation is 1. The second kappa shape index (κ2) is 9.39. The van der Waals surface area contributed by atoms with Gasteiger partial charge in [-0.1, -0.05) is 31.5 Å². The van der Waals surface area contributed by atoms with Crippen LogP contribution in [0.25, 0.3) is 0 Å². The quantitative estimate of drug-likeness (QED) is 0.386. The van der Waals surface area contributed by atoms with E-state index in [1.54, 1.807) is 26.0 Å². The van der Waals surface area contributed by atoms with Gasteiger partial charge in [0, 0.05) is 12.1 Å². The van der Waals surface area contributed by atoms with Gasteiger partial charge in [0.05, 0.1) is 16.0 Å². The zero-order chi connectivity index (χ0) is 21.6. The van der Waals surface area contributed by atoms with Gasteiger partial charge in [-0.3, -0.25) is 14.9 Å². The molecule has 1 amide bonds. The lowest BCUT2D eigenvalue weighted by Crippen LogP contribution is -2.48. The van der Waals surface area contributed by atoms with E-state index in [-0.39, 0.29) is 16.5 Å². The van der Waals surface area contributed by atoms with E-state index in [1.165, 1.54) is 42.6 Å². The summed E-state index contributed by atoms with van der Waals surface area (Å²) < 4.78 is 27.5. The SMILES string of the molecule is Cc1ccc(S(=O)(=O)N[C@H](C(=O)N/N=C\c2ccc([N+](=O)[O-])cc2)C(C)C)cc1. The Kier molecular flexibility index (Phi) is 7.18. The van der Waals surface area contributed by atoms with E-state index in [4.69, 9.17) is 0 Å². The van der Waals surface area contributed by atoms with Crippen LogP contribution < -0.4 is 10.1 Å². The highest BCUT2D eigenvalue weighted by atomic mass is 32.2. The fourth-order valence-electron chi connectivity index (χ4n) is 2.37. The minimum atomic E-state index is -3.88. The number of hydrogen-bond donors (Lipinski definition) is 2. The van der Waals surface area contributed by atoms with Crippen molar-refractivity contribution in [1.82, 2.24) is 10.1 Å². The normalized spacial score (nSPS) is 12.8. The van der Waals surface area contributed by atoms with Crippen LogP contribution in [-0.4, -0.2) is 31.5 Å². The number of nitrogens with one attached hydrogen (secondary N) is 2. The average Bonchev–Trinajstić information content (AvgIpc) is 2.66. The summed E-state index contributed by atoms with van der Waals surface area (Å²) in [6, 6.07) is 10.9. The van der Waals surface area contributed by atoms with Gasteiger partial charge in [-0.15, -0.1) is 0 Å². The largest absolute Gasteiger partial charge is 0.271 e. The molecule has 2 N–H and O–H groups in total. The highest BCUT2D eigenvalue weighted by Gasteiger charge is 2.28. The van der Waals surface area contributed by atoms with Gasteiger partial charge in [-0.25, -0.2) is 13.8 Å². The van der Waals surface area contributed by atoms with Gasteiger partial charge in [0.2, 0.25) is 10.0 Å². The number of nitro benzene ring substituents is 1. The molecule has 154 valence electrons. The van der Waals surface area contributed by atoms with Crippen molar-refractivity contribution >= 4 is 27.8 Å². The first kappa shape index (κ1) is 22.2. The van der Waals surface area contributed by atoms with Crippen molar-refractivity contribution in [1.29, 1.82) is 0 Å². The standard InChI is InChI=1S/C19H22N4O5S/c1-13(2)18(22-29(27,28)17-10-4-14(3)5-11-17)19(24)21-20-12-15-6-8-16(9-7-15)23(25)26/h4-13,18,22H,1-3H3,(H,21,24)/b20-12-/t18-/m0/s1. The summed E-state index contributed by atoms with van der Waals surface area (Å²) in [6.45, 7) is 5.26. The summed E-state index contributed by atoms with van der Waals surface area (Å²) >= 11 is 0. The van der Waals surface area contributed by atoms with Gasteiger partial charge in [0.15, 0.2) is 0 Å². The van der Waals surface area contributed by atoms with Crippen LogP contribution in [0.3, 0.4) is 0 Å². The van der Waals surface area contributed by atoms with E-state index in [1.807, 2.05) is 6.92 Å². The molecule has 0 aliphatic carbocycles. The van der Waals surface area contributed by atoms with Gasteiger partial charge in [-0.05, 0) is 42.7 Å². The maximum absolute atomic E-state index is 12.6. The highest BCUT2D eigenvalue weighted by molar-refractivity contribution is 7.89. The Morgan fingerprint density at radius 3 is 2.21 bits per heavy atom. The van der Waals surface area contributed by atoms with Crippen LogP contribution in [0.5, 0.6) is 0 Å². The van der Waals surface area contributed by atoms with Crippen LogP contribution in [0.4, 0.5) is 5.69 Å². The molecule has 0 bridgehead atoms. The predicted octanol–water partition coefficient (Wildman–Crippen LogP) is 2.36. The number of nitrogens with zero attached hydrogens (tertiary/aromatic N) is 2. The van der Waals surface area contributed by atoms with E-state index in [2.05, 4.69) is 15.2 Å². The lowest BCUT2D eigenvalue weighted by atomic mass is 10.1. The van der Waals surface area contributed by atoms with Crippen molar-refractivity contribution in [3.05, 3.63) is 69.8 Å². The summed E-state index contributed by atoms with van der Waals surface area (Å²) in [5.41, 5.74) is 3.70. The Hall–Kier alpha value is -3.11. The fourth-order valence-corrected chi connectivity index (χ4v) is 3.71. The lowest BCUT2D eigenvalue weighted by molar-refractivity contribution is -0.384. The highest BCUT2D eigenvalue weighted by Crippen LogP contribution is 2.13. The molecule has 0 unspecified atom stereocenters. The van der Waals surface area contributed by atoms with Crippen molar-refractivity contribution < 1.29 is 18.1 Å². The topological polar surface area (TPSA) is 131 Å². The predicted molar refractivity (Wildman–Crippen MR) is 109 cm³/mol. The zero-order valence-electron chi connectivity index (χ0n) is 16.2. The molecule has 0 saturated carbocycles. The zero-order valence-corrected chi connectivity index (χ0v) is 17.0. The molecular weight excluding hydrogens is 396 g/mol. The Morgan fingerprint density at radius 1 is 1.10 bits per heavy atom. The molecule has 9 nitrogen and oxygen atoms in total. The third-order valence-corrected chi connectivity index (χ3v) is 5.51. The second-order valence-electron chi connectivity index (χ2n) is 6.74. The molecule has 10 heteroatoms. The summed E-state index contributed by atoms with van der Waals surface area (Å²) in [4.78, 5) is 22.6. The number of nitro groups is 1. The maximum atomic E-state index is 12.6. The molecule has 2 rings (SSSR count). The lowest BCUT2D eigenvalue weighted by Gasteiger charge is -2.20. The molecule has 0 aromatic heterocycles. The number of rotatable bonds is 8. The van der Waals surface area contributed by atoms with Crippen LogP contribution >= 0.6 is 0 Å². The first-order valence-corrected chi connectivity index (χ1v) is 10.2. The summed E-state index contributed by atoms with van der Waals surface area (Å²) in [6.07, 6.45) is 1.31. The number of sulfonamides is 1. The van der Waals surface area contributed by atoms with Gasteiger partial charge >= 0.3 is 0 Å². The monoisotopic (exact) mass is 418 g/mol. The molecule has 0 heterocycles. The summed E-state index contributed by atoms with van der Waals surface area (Å²) in [5.74, 6) is -0.946. The average molecular weight is 418 g/mol. The molecule has 0 spiro atoms. The number of hydrazone groups is 1. The van der Waals surface area contributed by atoms with E-state index < -0.39 is 26.9 Å². The van der Waals surface area contributed by atoms with Crippen LogP contribution in [-0.2, 0) is 14.8 Å². The Morgan fingerprint density at radius 2 is 1.69 bits per heavy atom. The Balaban J connectivity index is 2.07. The number of carbonyl (C=O) groups is 1. The number of amides is 1. The second-order valence-corrected chi connectivity index (χ2v) is 8.45. The minimum absolute atomic E-state index is 0.0587. The third-order valence-electron chi connectivity index (χ3n) is 4.05. The fraction of sp³-hybridized carbons (Fsp3) is 0.263. The molecule has 0 radical (unpaired) electrons. The molecule has 2 aromatic rings. The van der Waals surface area contributed by atoms with Gasteiger partial charge in [-0.2, -0.15) is 9.82 Å². The molecule has 0 saturated heterocycles. The van der Waals surface area contributed by atoms with E-state index >= 15 is 0 Å². The van der Waals surface area contributed by atoms with Crippen molar-refractivity contribution in [3.8, 4) is 0 Å². The van der Waals surface area contributed by atoms with Crippen molar-refractivity contribution in [3.63, 3.8) is 0 Å². The first-order valence-electron chi connectivity index (χ1n) is 8.76. The van der Waals surface area contributed by atoms with Gasteiger partial charge in [0.1, 0.15) is 6.04 Å². The number of benzene rings is 2. The molecule has 0 aliphatic heterocycles. The maximum Gasteiger partial charge on any atom is 0.269 e. The van der Waals surface area contributed by atoms with Crippen molar-refractivity contribution in [2.45, 2.75) is 31.7 Å². The number of carbonyl (C=O) groups excluding carboxylic acids is 1. The van der Waals surface area contributed by atoms with E-state index in [9.17, 15) is 23.3 Å². The van der Waals surface area contributed by atoms with Crippen LogP contribution in [0.15, 0.2) is 58.5 Å². The molecule has 29 heavy (non-hydrogen) atoms. The summed E-state index contributed by atoms with van der Waals surface area (Å²) in [5, 5.41) is 14.5. The van der Waals surface area contributed by atoms with Gasteiger partial charge < -0.3 is 0 Å². The molecule has 2 aromatic carbocycles. The molecule has 0 aliphatic rings. The van der Waals surface area contributed by atoms with Crippen LogP contribution in [0.1, 0.15) is 25.0 Å². The van der Waals surface area contributed by atoms with E-state index in [0.29, 0.717) is 5.56 Å². The van der Waals surface area contributed by atoms with Gasteiger partial charge in [0.25, 0.3) is 11.6 Å². The van der Waals surface area contributed by atoms with E-state index in [0.717, 1.165) is 5.56 Å². The minimum Gasteiger partial charge on any atom is -0.271 e. The van der Waals surface area contributed by atoms with Crippen molar-refractivity contribution in [2.24, 2.45) is 11.0 Å². The molecule has 0 fully saturated rings. The first-order chi connectivity index (χ1) is 13.6. The smallest absolute Gasteiger partial charge is 0.269 e. The number of non-ortho nitro benzene ring substituents is 1. The third kappa shape index (κ3) is 6.19. The summed E-state index contributed by atoms with van der Waals surface area (Å²) in [7, 11) is -3.88. The Labute approximate surface area is 169 Å². The molecular formula is C19H22N4O5S. The van der Waals surface area contributed by atoms with Crippen molar-refractivity contribution in [2.75, 3.05) is 0 Å². The molecule has 1 atom stereocenters.